The smallest absolute Gasteiger partial charge is 0.323 e. The van der Waals surface area contributed by atoms with E-state index >= 15 is 0 Å². The van der Waals surface area contributed by atoms with E-state index in [0.29, 0.717) is 21.5 Å². The first-order valence-corrected chi connectivity index (χ1v) is 8.43. The van der Waals surface area contributed by atoms with Crippen molar-refractivity contribution in [1.29, 1.82) is 0 Å². The summed E-state index contributed by atoms with van der Waals surface area (Å²) in [5.41, 5.74) is 4.04. The van der Waals surface area contributed by atoms with Crippen LogP contribution in [-0.4, -0.2) is 44.8 Å². The maximum Gasteiger partial charge on any atom is 0.323 e. The number of hydrogen-bond acceptors (Lipinski definition) is 5. The highest BCUT2D eigenvalue weighted by Gasteiger charge is 2.21. The van der Waals surface area contributed by atoms with E-state index < -0.39 is 18.4 Å². The van der Waals surface area contributed by atoms with E-state index in [9.17, 15) is 14.4 Å². The first-order valence-electron chi connectivity index (χ1n) is 8.43. The van der Waals surface area contributed by atoms with Crippen molar-refractivity contribution in [1.82, 2.24) is 14.9 Å². The second-order valence-corrected chi connectivity index (χ2v) is 6.25. The lowest BCUT2D eigenvalue weighted by atomic mass is 10.0. The Labute approximate surface area is 150 Å². The highest BCUT2D eigenvalue weighted by Crippen LogP contribution is 2.22. The van der Waals surface area contributed by atoms with Gasteiger partial charge in [0, 0.05) is 5.56 Å². The zero-order chi connectivity index (χ0) is 18.7. The fourth-order valence-electron chi connectivity index (χ4n) is 3.04. The lowest BCUT2D eigenvalue weighted by Gasteiger charge is -2.16. The van der Waals surface area contributed by atoms with Crippen LogP contribution in [0.15, 0.2) is 24.3 Å². The summed E-state index contributed by atoms with van der Waals surface area (Å²) in [6.45, 7) is 1.06. The number of carbonyl (C=O) groups excluding carboxylic acids is 2. The summed E-state index contributed by atoms with van der Waals surface area (Å²) in [4.78, 5) is 44.5. The molecule has 3 rings (SSSR count). The second kappa shape index (κ2) is 7.43. The standard InChI is InChI=1S/C19H19N3O4/c1-12-8-16-17(9-13(12)19(26)22(11-23)10-18(24)25)21-15-7-5-3-2-4-6-14(15)20-16/h2-3,8-9,11H,4-7,10H2,1H3,(H,24,25)/b3-2+. The fraction of sp³-hybridized carbons (Fsp3) is 0.316. The lowest BCUT2D eigenvalue weighted by Crippen LogP contribution is -2.34. The van der Waals surface area contributed by atoms with Crippen molar-refractivity contribution in [3.63, 3.8) is 0 Å². The van der Waals surface area contributed by atoms with Crippen molar-refractivity contribution in [2.75, 3.05) is 6.54 Å². The molecule has 0 unspecified atom stereocenters. The molecule has 0 saturated heterocycles. The molecule has 26 heavy (non-hydrogen) atoms. The van der Waals surface area contributed by atoms with Crippen LogP contribution < -0.4 is 0 Å². The van der Waals surface area contributed by atoms with Crippen molar-refractivity contribution in [2.45, 2.75) is 32.6 Å². The van der Waals surface area contributed by atoms with Gasteiger partial charge >= 0.3 is 5.97 Å². The molecule has 1 aromatic carbocycles. The maximum absolute atomic E-state index is 12.5. The van der Waals surface area contributed by atoms with Crippen LogP contribution in [0.25, 0.3) is 11.0 Å². The van der Waals surface area contributed by atoms with Gasteiger partial charge in [-0.15, -0.1) is 0 Å². The Morgan fingerprint density at radius 2 is 1.69 bits per heavy atom. The first-order chi connectivity index (χ1) is 12.5. The number of nitrogens with zero attached hydrogens (tertiary/aromatic N) is 3. The third kappa shape index (κ3) is 3.61. The molecule has 1 aromatic heterocycles. The third-order valence-electron chi connectivity index (χ3n) is 4.35. The third-order valence-corrected chi connectivity index (χ3v) is 4.35. The summed E-state index contributed by atoms with van der Waals surface area (Å²) in [5, 5.41) is 8.85. The van der Waals surface area contributed by atoms with Crippen LogP contribution in [0.2, 0.25) is 0 Å². The van der Waals surface area contributed by atoms with Gasteiger partial charge in [0.2, 0.25) is 6.41 Å². The number of fused-ring (bicyclic) bond motifs is 2. The van der Waals surface area contributed by atoms with Crippen molar-refractivity contribution in [2.24, 2.45) is 0 Å². The molecular weight excluding hydrogens is 334 g/mol. The average molecular weight is 353 g/mol. The van der Waals surface area contributed by atoms with Gasteiger partial charge in [-0.25, -0.2) is 9.97 Å². The Morgan fingerprint density at radius 3 is 2.23 bits per heavy atom. The van der Waals surface area contributed by atoms with Crippen molar-refractivity contribution < 1.29 is 19.5 Å². The number of imide groups is 1. The van der Waals surface area contributed by atoms with Gasteiger partial charge in [-0.3, -0.25) is 19.3 Å². The minimum absolute atomic E-state index is 0.235. The van der Waals surface area contributed by atoms with Gasteiger partial charge in [0.25, 0.3) is 5.91 Å². The number of carbonyl (C=O) groups is 3. The molecule has 2 aromatic rings. The molecule has 0 radical (unpaired) electrons. The molecule has 1 N–H and O–H groups in total. The number of aromatic nitrogens is 2. The molecule has 0 bridgehead atoms. The monoisotopic (exact) mass is 353 g/mol. The molecular formula is C19H19N3O4. The number of hydrogen-bond donors (Lipinski definition) is 1. The number of amides is 2. The molecule has 7 heteroatoms. The van der Waals surface area contributed by atoms with E-state index in [1.54, 1.807) is 19.1 Å². The Bertz CT molecular complexity index is 921. The van der Waals surface area contributed by atoms with Crippen LogP contribution in [0.5, 0.6) is 0 Å². The maximum atomic E-state index is 12.5. The Kier molecular flexibility index (Phi) is 5.06. The number of aliphatic carboxylic acids is 1. The van der Waals surface area contributed by atoms with Crippen LogP contribution in [0, 0.1) is 6.92 Å². The van der Waals surface area contributed by atoms with Gasteiger partial charge < -0.3 is 5.11 Å². The minimum atomic E-state index is -1.25. The summed E-state index contributed by atoms with van der Waals surface area (Å²) in [5.74, 6) is -1.91. The van der Waals surface area contributed by atoms with Gasteiger partial charge in [0.1, 0.15) is 6.54 Å². The van der Waals surface area contributed by atoms with E-state index in [2.05, 4.69) is 17.1 Å². The van der Waals surface area contributed by atoms with E-state index in [0.717, 1.165) is 37.1 Å². The normalized spacial score (nSPS) is 14.8. The fourth-order valence-corrected chi connectivity index (χ4v) is 3.04. The molecule has 134 valence electrons. The molecule has 1 aliphatic rings. The molecule has 0 fully saturated rings. The van der Waals surface area contributed by atoms with Crippen LogP contribution in [-0.2, 0) is 22.4 Å². The highest BCUT2D eigenvalue weighted by molar-refractivity contribution is 6.04. The molecule has 0 saturated carbocycles. The van der Waals surface area contributed by atoms with E-state index in [4.69, 9.17) is 10.1 Å². The molecule has 1 heterocycles. The van der Waals surface area contributed by atoms with Crippen LogP contribution in [0.3, 0.4) is 0 Å². The molecule has 0 aliphatic heterocycles. The van der Waals surface area contributed by atoms with E-state index in [1.807, 2.05) is 0 Å². The van der Waals surface area contributed by atoms with Crippen molar-refractivity contribution in [3.8, 4) is 0 Å². The SMILES string of the molecule is Cc1cc2nc3c(nc2cc1C(=O)N(C=O)CC(=O)O)CC/C=C/CC3. The van der Waals surface area contributed by atoms with Gasteiger partial charge in [0.05, 0.1) is 22.4 Å². The van der Waals surface area contributed by atoms with Crippen molar-refractivity contribution in [3.05, 3.63) is 46.8 Å². The Balaban J connectivity index is 2.04. The number of carboxylic acid groups (broad SMARTS) is 1. The quantitative estimate of drug-likeness (QED) is 0.667. The number of benzene rings is 1. The summed E-state index contributed by atoms with van der Waals surface area (Å²) in [6.07, 6.45) is 7.94. The largest absolute Gasteiger partial charge is 0.480 e. The predicted molar refractivity (Wildman–Crippen MR) is 94.8 cm³/mol. The molecule has 7 nitrogen and oxygen atoms in total. The van der Waals surface area contributed by atoms with Gasteiger partial charge in [-0.1, -0.05) is 12.2 Å². The highest BCUT2D eigenvalue weighted by atomic mass is 16.4. The topological polar surface area (TPSA) is 100 Å². The molecule has 1 aliphatic carbocycles. The van der Waals surface area contributed by atoms with Crippen LogP contribution in [0.4, 0.5) is 0 Å². The Hall–Kier alpha value is -3.09. The van der Waals surface area contributed by atoms with Gasteiger partial charge in [0.15, 0.2) is 0 Å². The van der Waals surface area contributed by atoms with E-state index in [1.165, 1.54) is 0 Å². The first kappa shape index (κ1) is 17.7. The predicted octanol–water partition coefficient (Wildman–Crippen LogP) is 2.06. The summed E-state index contributed by atoms with van der Waals surface area (Å²) in [6, 6.07) is 3.35. The summed E-state index contributed by atoms with van der Waals surface area (Å²) >= 11 is 0. The van der Waals surface area contributed by atoms with Gasteiger partial charge in [-0.05, 0) is 50.3 Å². The van der Waals surface area contributed by atoms with Crippen molar-refractivity contribution >= 4 is 29.3 Å². The van der Waals surface area contributed by atoms with Crippen LogP contribution >= 0.6 is 0 Å². The number of rotatable bonds is 4. The minimum Gasteiger partial charge on any atom is -0.480 e. The van der Waals surface area contributed by atoms with Crippen LogP contribution in [0.1, 0.15) is 40.2 Å². The molecule has 0 atom stereocenters. The number of carboxylic acids is 1. The zero-order valence-electron chi connectivity index (χ0n) is 14.4. The summed E-state index contributed by atoms with van der Waals surface area (Å²) < 4.78 is 0. The number of allylic oxidation sites excluding steroid dienone is 2. The molecule has 2 amide bonds. The van der Waals surface area contributed by atoms with Gasteiger partial charge in [-0.2, -0.15) is 0 Å². The molecule has 0 spiro atoms. The second-order valence-electron chi connectivity index (χ2n) is 6.25. The Morgan fingerprint density at radius 1 is 1.12 bits per heavy atom. The lowest BCUT2D eigenvalue weighted by molar-refractivity contribution is -0.139. The van der Waals surface area contributed by atoms with E-state index in [-0.39, 0.29) is 12.0 Å². The zero-order valence-corrected chi connectivity index (χ0v) is 14.4. The average Bonchev–Trinajstić information content (AvgIpc) is 2.58. The number of aryl methyl sites for hydroxylation is 3. The summed E-state index contributed by atoms with van der Waals surface area (Å²) in [7, 11) is 0.